The summed E-state index contributed by atoms with van der Waals surface area (Å²) in [7, 11) is 1.71. The standard InChI is InChI=1S/C23H26N4O/c1-16-14-22(27-17(2)15-19-9-4-6-10-20(19)27)26-23(25-16)24-13-12-18-8-5-7-11-21(18)28-3/h4-11,14,17H,12-13,15H2,1-3H3,(H,24,25,26). The van der Waals surface area contributed by atoms with Crippen LogP contribution in [0.15, 0.2) is 54.6 Å². The third-order valence-corrected chi connectivity index (χ3v) is 5.16. The molecule has 144 valence electrons. The third kappa shape index (κ3) is 3.65. The number of aryl methyl sites for hydroxylation is 1. The van der Waals surface area contributed by atoms with Crippen LogP contribution in [0.25, 0.3) is 0 Å². The molecule has 0 aliphatic carbocycles. The van der Waals surface area contributed by atoms with Gasteiger partial charge < -0.3 is 15.0 Å². The number of nitrogens with one attached hydrogen (secondary N) is 1. The molecule has 1 aliphatic heterocycles. The van der Waals surface area contributed by atoms with E-state index in [-0.39, 0.29) is 0 Å². The first-order chi connectivity index (χ1) is 13.7. The number of methoxy groups -OCH3 is 1. The normalized spacial score (nSPS) is 15.4. The summed E-state index contributed by atoms with van der Waals surface area (Å²) < 4.78 is 5.43. The van der Waals surface area contributed by atoms with E-state index in [1.54, 1.807) is 7.11 Å². The van der Waals surface area contributed by atoms with E-state index >= 15 is 0 Å². The van der Waals surface area contributed by atoms with E-state index in [0.29, 0.717) is 12.0 Å². The number of aromatic nitrogens is 2. The molecule has 3 aromatic rings. The second-order valence-corrected chi connectivity index (χ2v) is 7.23. The Balaban J connectivity index is 1.52. The molecule has 2 aromatic carbocycles. The highest BCUT2D eigenvalue weighted by Crippen LogP contribution is 2.37. The molecule has 0 amide bonds. The first-order valence-corrected chi connectivity index (χ1v) is 9.74. The molecule has 5 heteroatoms. The molecule has 0 fully saturated rings. The lowest BCUT2D eigenvalue weighted by Crippen LogP contribution is -2.25. The number of ether oxygens (including phenoxy) is 1. The fourth-order valence-electron chi connectivity index (χ4n) is 3.89. The van der Waals surface area contributed by atoms with Gasteiger partial charge in [-0.05, 0) is 49.9 Å². The van der Waals surface area contributed by atoms with Crippen LogP contribution in [0, 0.1) is 6.92 Å². The van der Waals surface area contributed by atoms with Crippen molar-refractivity contribution in [2.75, 3.05) is 23.9 Å². The van der Waals surface area contributed by atoms with Crippen molar-refractivity contribution >= 4 is 17.5 Å². The largest absolute Gasteiger partial charge is 0.496 e. The Hall–Kier alpha value is -3.08. The van der Waals surface area contributed by atoms with Gasteiger partial charge in [-0.25, -0.2) is 4.98 Å². The van der Waals surface area contributed by atoms with Crippen LogP contribution >= 0.6 is 0 Å². The number of nitrogens with zero attached hydrogens (tertiary/aromatic N) is 3. The van der Waals surface area contributed by atoms with Crippen LogP contribution in [0.5, 0.6) is 5.75 Å². The van der Waals surface area contributed by atoms with Gasteiger partial charge in [0.1, 0.15) is 11.6 Å². The van der Waals surface area contributed by atoms with Crippen molar-refractivity contribution in [3.8, 4) is 5.75 Å². The van der Waals surface area contributed by atoms with E-state index in [9.17, 15) is 0 Å². The Morgan fingerprint density at radius 2 is 1.89 bits per heavy atom. The maximum atomic E-state index is 5.43. The first kappa shape index (κ1) is 18.3. The summed E-state index contributed by atoms with van der Waals surface area (Å²) in [5, 5.41) is 3.38. The predicted octanol–water partition coefficient (Wildman–Crippen LogP) is 4.53. The van der Waals surface area contributed by atoms with Crippen molar-refractivity contribution in [1.29, 1.82) is 0 Å². The number of fused-ring (bicyclic) bond motifs is 1. The van der Waals surface area contributed by atoms with Crippen LogP contribution in [0.2, 0.25) is 0 Å². The zero-order valence-corrected chi connectivity index (χ0v) is 16.6. The molecule has 0 bridgehead atoms. The molecule has 0 saturated carbocycles. The number of hydrogen-bond donors (Lipinski definition) is 1. The Morgan fingerprint density at radius 1 is 1.11 bits per heavy atom. The molecule has 1 N–H and O–H groups in total. The van der Waals surface area contributed by atoms with Gasteiger partial charge in [-0.1, -0.05) is 36.4 Å². The van der Waals surface area contributed by atoms with E-state index < -0.39 is 0 Å². The lowest BCUT2D eigenvalue weighted by atomic mass is 10.1. The molecule has 1 unspecified atom stereocenters. The van der Waals surface area contributed by atoms with Gasteiger partial charge in [0, 0.05) is 30.0 Å². The van der Waals surface area contributed by atoms with Gasteiger partial charge in [0.05, 0.1) is 7.11 Å². The average Bonchev–Trinajstić information content (AvgIpc) is 3.03. The van der Waals surface area contributed by atoms with E-state index in [1.807, 2.05) is 25.1 Å². The lowest BCUT2D eigenvalue weighted by Gasteiger charge is -2.24. The first-order valence-electron chi connectivity index (χ1n) is 9.74. The molecule has 2 heterocycles. The number of rotatable bonds is 6. The summed E-state index contributed by atoms with van der Waals surface area (Å²) in [6.45, 7) is 5.00. The van der Waals surface area contributed by atoms with Crippen molar-refractivity contribution in [2.24, 2.45) is 0 Å². The van der Waals surface area contributed by atoms with Gasteiger partial charge in [0.2, 0.25) is 5.95 Å². The number of para-hydroxylation sites is 2. The molecule has 28 heavy (non-hydrogen) atoms. The predicted molar refractivity (Wildman–Crippen MR) is 114 cm³/mol. The number of benzene rings is 2. The summed E-state index contributed by atoms with van der Waals surface area (Å²) in [6, 6.07) is 19.1. The molecule has 0 saturated heterocycles. The highest BCUT2D eigenvalue weighted by atomic mass is 16.5. The Morgan fingerprint density at radius 3 is 2.75 bits per heavy atom. The fraction of sp³-hybridized carbons (Fsp3) is 0.304. The summed E-state index contributed by atoms with van der Waals surface area (Å²) >= 11 is 0. The molecule has 0 radical (unpaired) electrons. The van der Waals surface area contributed by atoms with Crippen LogP contribution in [0.3, 0.4) is 0 Å². The van der Waals surface area contributed by atoms with Gasteiger partial charge in [0.25, 0.3) is 0 Å². The van der Waals surface area contributed by atoms with Crippen LogP contribution in [-0.2, 0) is 12.8 Å². The van der Waals surface area contributed by atoms with Crippen LogP contribution < -0.4 is 15.0 Å². The molecule has 1 aromatic heterocycles. The molecule has 1 aliphatic rings. The molecule has 5 nitrogen and oxygen atoms in total. The Labute approximate surface area is 166 Å². The summed E-state index contributed by atoms with van der Waals surface area (Å²) in [5.74, 6) is 2.53. The van der Waals surface area contributed by atoms with Crippen molar-refractivity contribution in [3.05, 3.63) is 71.4 Å². The minimum absolute atomic E-state index is 0.383. The second kappa shape index (κ2) is 7.89. The summed E-state index contributed by atoms with van der Waals surface area (Å²) in [6.07, 6.45) is 1.88. The van der Waals surface area contributed by atoms with Crippen molar-refractivity contribution in [3.63, 3.8) is 0 Å². The van der Waals surface area contributed by atoms with E-state index in [1.165, 1.54) is 16.8 Å². The van der Waals surface area contributed by atoms with Gasteiger partial charge in [0.15, 0.2) is 0 Å². The lowest BCUT2D eigenvalue weighted by molar-refractivity contribution is 0.410. The van der Waals surface area contributed by atoms with Gasteiger partial charge in [-0.3, -0.25) is 0 Å². The van der Waals surface area contributed by atoms with Crippen LogP contribution in [0.1, 0.15) is 23.7 Å². The van der Waals surface area contributed by atoms with E-state index in [0.717, 1.165) is 36.6 Å². The molecule has 4 rings (SSSR count). The average molecular weight is 374 g/mol. The number of anilines is 3. The molecular weight excluding hydrogens is 348 g/mol. The highest BCUT2D eigenvalue weighted by molar-refractivity contribution is 5.69. The van der Waals surface area contributed by atoms with Crippen LogP contribution in [0.4, 0.5) is 17.5 Å². The van der Waals surface area contributed by atoms with E-state index in [2.05, 4.69) is 58.5 Å². The Kier molecular flexibility index (Phi) is 5.15. The maximum absolute atomic E-state index is 5.43. The number of hydrogen-bond acceptors (Lipinski definition) is 5. The smallest absolute Gasteiger partial charge is 0.224 e. The fourth-order valence-corrected chi connectivity index (χ4v) is 3.89. The molecular formula is C23H26N4O. The molecule has 1 atom stereocenters. The van der Waals surface area contributed by atoms with Crippen molar-refractivity contribution in [2.45, 2.75) is 32.7 Å². The minimum atomic E-state index is 0.383. The maximum Gasteiger partial charge on any atom is 0.224 e. The van der Waals surface area contributed by atoms with Crippen molar-refractivity contribution < 1.29 is 4.74 Å². The quantitative estimate of drug-likeness (QED) is 0.687. The van der Waals surface area contributed by atoms with Gasteiger partial charge in [-0.15, -0.1) is 0 Å². The molecule has 0 spiro atoms. The minimum Gasteiger partial charge on any atom is -0.496 e. The summed E-state index contributed by atoms with van der Waals surface area (Å²) in [4.78, 5) is 11.7. The van der Waals surface area contributed by atoms with E-state index in [4.69, 9.17) is 9.72 Å². The monoisotopic (exact) mass is 374 g/mol. The van der Waals surface area contributed by atoms with Crippen LogP contribution in [-0.4, -0.2) is 29.7 Å². The van der Waals surface area contributed by atoms with Crippen molar-refractivity contribution in [1.82, 2.24) is 9.97 Å². The zero-order valence-electron chi connectivity index (χ0n) is 16.6. The van der Waals surface area contributed by atoms with Gasteiger partial charge in [-0.2, -0.15) is 4.98 Å². The highest BCUT2D eigenvalue weighted by Gasteiger charge is 2.28. The Bertz CT molecular complexity index is 972. The summed E-state index contributed by atoms with van der Waals surface area (Å²) in [5.41, 5.74) is 4.75. The SMILES string of the molecule is COc1ccccc1CCNc1nc(C)cc(N2c3ccccc3CC2C)n1. The third-order valence-electron chi connectivity index (χ3n) is 5.16. The topological polar surface area (TPSA) is 50.3 Å². The second-order valence-electron chi connectivity index (χ2n) is 7.23. The van der Waals surface area contributed by atoms with Gasteiger partial charge >= 0.3 is 0 Å². The zero-order chi connectivity index (χ0) is 19.5.